The van der Waals surface area contributed by atoms with Crippen molar-refractivity contribution in [2.75, 3.05) is 7.11 Å². The van der Waals surface area contributed by atoms with Gasteiger partial charge in [-0.25, -0.2) is 9.78 Å². The molecule has 0 aromatic carbocycles. The first-order chi connectivity index (χ1) is 6.15. The van der Waals surface area contributed by atoms with Crippen molar-refractivity contribution in [1.82, 2.24) is 4.98 Å². The third kappa shape index (κ3) is 2.63. The van der Waals surface area contributed by atoms with Gasteiger partial charge in [-0.1, -0.05) is 0 Å². The van der Waals surface area contributed by atoms with E-state index in [4.69, 9.17) is 9.84 Å². The highest BCUT2D eigenvalue weighted by molar-refractivity contribution is 14.1. The lowest BCUT2D eigenvalue weighted by Gasteiger charge is -2.01. The first-order valence-corrected chi connectivity index (χ1v) is 4.60. The van der Waals surface area contributed by atoms with E-state index in [1.807, 2.05) is 22.6 Å². The zero-order valence-corrected chi connectivity index (χ0v) is 9.11. The molecule has 70 valence electrons. The molecule has 0 saturated carbocycles. The van der Waals surface area contributed by atoms with Crippen LogP contribution < -0.4 is 0 Å². The highest BCUT2D eigenvalue weighted by Crippen LogP contribution is 2.10. The fourth-order valence-corrected chi connectivity index (χ4v) is 1.58. The number of aromatic nitrogens is 1. The van der Waals surface area contributed by atoms with Crippen LogP contribution in [0.25, 0.3) is 0 Å². The molecule has 0 aliphatic rings. The van der Waals surface area contributed by atoms with Crippen molar-refractivity contribution in [2.45, 2.75) is 6.61 Å². The van der Waals surface area contributed by atoms with Crippen molar-refractivity contribution in [3.05, 3.63) is 27.1 Å². The van der Waals surface area contributed by atoms with Gasteiger partial charge in [-0.3, -0.25) is 0 Å². The van der Waals surface area contributed by atoms with Gasteiger partial charge < -0.3 is 9.84 Å². The third-order valence-electron chi connectivity index (χ3n) is 1.43. The molecule has 0 unspecified atom stereocenters. The molecule has 0 aliphatic heterocycles. The normalized spacial score (nSPS) is 10.0. The van der Waals surface area contributed by atoms with Crippen LogP contribution in [-0.4, -0.2) is 23.2 Å². The van der Waals surface area contributed by atoms with E-state index in [9.17, 15) is 4.79 Å². The Kier molecular flexibility index (Phi) is 3.61. The molecule has 5 heteroatoms. The summed E-state index contributed by atoms with van der Waals surface area (Å²) in [4.78, 5) is 14.7. The number of halogens is 1. The molecule has 0 bridgehead atoms. The second kappa shape index (κ2) is 4.52. The van der Waals surface area contributed by atoms with Gasteiger partial charge in [0.25, 0.3) is 0 Å². The minimum absolute atomic E-state index is 0.223. The Bertz CT molecular complexity index is 327. The Morgan fingerprint density at radius 2 is 2.38 bits per heavy atom. The zero-order valence-electron chi connectivity index (χ0n) is 6.95. The number of pyridine rings is 1. The molecule has 0 amide bonds. The van der Waals surface area contributed by atoms with Crippen LogP contribution in [0.5, 0.6) is 0 Å². The molecule has 0 spiro atoms. The highest BCUT2D eigenvalue weighted by Gasteiger charge is 2.09. The second-order valence-electron chi connectivity index (χ2n) is 2.38. The predicted octanol–water partition coefficient (Wildman–Crippen LogP) is 1.53. The van der Waals surface area contributed by atoms with Gasteiger partial charge in [-0.2, -0.15) is 0 Å². The summed E-state index contributed by atoms with van der Waals surface area (Å²) in [5, 5.41) is 8.71. The van der Waals surface area contributed by atoms with Crippen LogP contribution in [0.3, 0.4) is 0 Å². The Morgan fingerprint density at radius 3 is 2.85 bits per heavy atom. The topological polar surface area (TPSA) is 59.4 Å². The summed E-state index contributed by atoms with van der Waals surface area (Å²) in [5.41, 5.74) is 0.956. The summed E-state index contributed by atoms with van der Waals surface area (Å²) in [7, 11) is 1.57. The van der Waals surface area contributed by atoms with Gasteiger partial charge in [-0.15, -0.1) is 0 Å². The minimum Gasteiger partial charge on any atom is -0.478 e. The average molecular weight is 293 g/mol. The summed E-state index contributed by atoms with van der Waals surface area (Å²) < 4.78 is 5.36. The maximum atomic E-state index is 10.6. The van der Waals surface area contributed by atoms with Gasteiger partial charge in [0.1, 0.15) is 3.70 Å². The molecule has 0 atom stereocenters. The Hall–Kier alpha value is -0.690. The van der Waals surface area contributed by atoms with Crippen molar-refractivity contribution < 1.29 is 14.6 Å². The molecule has 0 aliphatic carbocycles. The van der Waals surface area contributed by atoms with Crippen LogP contribution in [0.4, 0.5) is 0 Å². The number of hydrogen-bond acceptors (Lipinski definition) is 3. The van der Waals surface area contributed by atoms with Crippen LogP contribution in [0, 0.1) is 3.70 Å². The number of hydrogen-bond donors (Lipinski definition) is 1. The summed E-state index contributed by atoms with van der Waals surface area (Å²) in [6.07, 6.45) is 0. The zero-order chi connectivity index (χ0) is 9.84. The highest BCUT2D eigenvalue weighted by atomic mass is 127. The summed E-state index contributed by atoms with van der Waals surface area (Å²) >= 11 is 1.89. The molecule has 1 N–H and O–H groups in total. The number of carboxylic acid groups (broad SMARTS) is 1. The molecule has 0 radical (unpaired) electrons. The van der Waals surface area contributed by atoms with Gasteiger partial charge >= 0.3 is 5.97 Å². The molecule has 1 rings (SSSR count). The van der Waals surface area contributed by atoms with Crippen molar-refractivity contribution in [2.24, 2.45) is 0 Å². The first kappa shape index (κ1) is 10.4. The fourth-order valence-electron chi connectivity index (χ4n) is 0.860. The molecule has 4 nitrogen and oxygen atoms in total. The second-order valence-corrected chi connectivity index (χ2v) is 3.40. The standard InChI is InChI=1S/C8H8INO3/c1-13-4-5-2-3-6(8(11)12)7(9)10-5/h2-3H,4H2,1H3,(H,11,12). The number of carboxylic acids is 1. The lowest BCUT2D eigenvalue weighted by molar-refractivity contribution is 0.0695. The number of ether oxygens (including phenoxy) is 1. The molecular weight excluding hydrogens is 285 g/mol. The molecule has 1 aromatic heterocycles. The number of aromatic carboxylic acids is 1. The van der Waals surface area contributed by atoms with Gasteiger partial charge in [0.05, 0.1) is 17.9 Å². The predicted molar refractivity (Wildman–Crippen MR) is 54.6 cm³/mol. The molecule has 0 fully saturated rings. The molecule has 13 heavy (non-hydrogen) atoms. The van der Waals surface area contributed by atoms with Crippen molar-refractivity contribution >= 4 is 28.6 Å². The lowest BCUT2D eigenvalue weighted by Crippen LogP contribution is -2.04. The van der Waals surface area contributed by atoms with E-state index in [1.54, 1.807) is 13.2 Å². The van der Waals surface area contributed by atoms with Gasteiger partial charge in [0.2, 0.25) is 0 Å². The molecular formula is C8H8INO3. The summed E-state index contributed by atoms with van der Waals surface area (Å²) in [6, 6.07) is 3.18. The Balaban J connectivity index is 2.98. The average Bonchev–Trinajstić information content (AvgIpc) is 2.04. The SMILES string of the molecule is COCc1ccc(C(=O)O)c(I)n1. The lowest BCUT2D eigenvalue weighted by atomic mass is 10.2. The van der Waals surface area contributed by atoms with Crippen LogP contribution >= 0.6 is 22.6 Å². The largest absolute Gasteiger partial charge is 0.478 e. The van der Waals surface area contributed by atoms with E-state index >= 15 is 0 Å². The quantitative estimate of drug-likeness (QED) is 0.678. The van der Waals surface area contributed by atoms with Crippen LogP contribution in [0.1, 0.15) is 16.1 Å². The van der Waals surface area contributed by atoms with E-state index < -0.39 is 5.97 Å². The van der Waals surface area contributed by atoms with Gasteiger partial charge in [0.15, 0.2) is 0 Å². The van der Waals surface area contributed by atoms with Gasteiger partial charge in [-0.05, 0) is 34.7 Å². The van der Waals surface area contributed by atoms with Crippen molar-refractivity contribution in [1.29, 1.82) is 0 Å². The minimum atomic E-state index is -0.958. The van der Waals surface area contributed by atoms with Crippen LogP contribution in [0.2, 0.25) is 0 Å². The van der Waals surface area contributed by atoms with E-state index in [1.165, 1.54) is 6.07 Å². The first-order valence-electron chi connectivity index (χ1n) is 3.53. The van der Waals surface area contributed by atoms with Crippen LogP contribution in [0.15, 0.2) is 12.1 Å². The smallest absolute Gasteiger partial charge is 0.338 e. The fraction of sp³-hybridized carbons (Fsp3) is 0.250. The van der Waals surface area contributed by atoms with Crippen LogP contribution in [-0.2, 0) is 11.3 Å². The van der Waals surface area contributed by atoms with E-state index in [0.717, 1.165) is 5.69 Å². The van der Waals surface area contributed by atoms with E-state index in [0.29, 0.717) is 10.3 Å². The third-order valence-corrected chi connectivity index (χ3v) is 2.25. The summed E-state index contributed by atoms with van der Waals surface area (Å²) in [6.45, 7) is 0.399. The van der Waals surface area contributed by atoms with Crippen molar-refractivity contribution in [3.8, 4) is 0 Å². The molecule has 1 heterocycles. The maximum Gasteiger partial charge on any atom is 0.338 e. The van der Waals surface area contributed by atoms with E-state index in [2.05, 4.69) is 4.98 Å². The summed E-state index contributed by atoms with van der Waals surface area (Å²) in [5.74, 6) is -0.958. The van der Waals surface area contributed by atoms with Crippen molar-refractivity contribution in [3.63, 3.8) is 0 Å². The number of carbonyl (C=O) groups is 1. The maximum absolute atomic E-state index is 10.6. The molecule has 0 saturated heterocycles. The van der Waals surface area contributed by atoms with Gasteiger partial charge in [0, 0.05) is 7.11 Å². The number of rotatable bonds is 3. The molecule has 1 aromatic rings. The number of methoxy groups -OCH3 is 1. The monoisotopic (exact) mass is 293 g/mol. The Labute approximate surface area is 89.1 Å². The Morgan fingerprint density at radius 1 is 1.69 bits per heavy atom. The number of nitrogens with zero attached hydrogens (tertiary/aromatic N) is 1. The van der Waals surface area contributed by atoms with E-state index in [-0.39, 0.29) is 5.56 Å².